The van der Waals surface area contributed by atoms with Gasteiger partial charge in [-0.3, -0.25) is 0 Å². The number of hydrogen-bond donors (Lipinski definition) is 0. The van der Waals surface area contributed by atoms with E-state index < -0.39 is 5.79 Å². The number of hydrogen-bond acceptors (Lipinski definition) is 2. The topological polar surface area (TPSA) is 18.5 Å². The second kappa shape index (κ2) is 2.57. The molecule has 0 aromatic heterocycles. The second-order valence-corrected chi connectivity index (χ2v) is 3.00. The Hall–Kier alpha value is -0.860. The fraction of sp³-hybridized carbons (Fsp3) is 0.400. The van der Waals surface area contributed by atoms with Crippen molar-refractivity contribution >= 4 is 0 Å². The summed E-state index contributed by atoms with van der Waals surface area (Å²) in [5.74, 6) is -0.462. The van der Waals surface area contributed by atoms with Gasteiger partial charge >= 0.3 is 0 Å². The highest BCUT2D eigenvalue weighted by atomic mass is 16.7. The first-order valence-corrected chi connectivity index (χ1v) is 4.01. The van der Waals surface area contributed by atoms with Crippen molar-refractivity contribution in [3.05, 3.63) is 35.4 Å². The van der Waals surface area contributed by atoms with Crippen LogP contribution in [0.5, 0.6) is 0 Å². The fourth-order valence-electron chi connectivity index (χ4n) is 1.73. The van der Waals surface area contributed by atoms with Crippen molar-refractivity contribution in [1.82, 2.24) is 0 Å². The fourth-order valence-corrected chi connectivity index (χ4v) is 1.73. The Morgan fingerprint density at radius 2 is 1.83 bits per heavy atom. The highest BCUT2D eigenvalue weighted by Gasteiger charge is 2.42. The molecule has 1 aromatic rings. The number of rotatable bonds is 2. The number of benzene rings is 1. The van der Waals surface area contributed by atoms with Crippen molar-refractivity contribution < 1.29 is 9.47 Å². The Morgan fingerprint density at radius 1 is 1.17 bits per heavy atom. The van der Waals surface area contributed by atoms with E-state index in [1.165, 1.54) is 5.56 Å². The highest BCUT2D eigenvalue weighted by molar-refractivity contribution is 5.40. The van der Waals surface area contributed by atoms with Crippen LogP contribution in [0.15, 0.2) is 24.3 Å². The molecule has 12 heavy (non-hydrogen) atoms. The van der Waals surface area contributed by atoms with Crippen LogP contribution in [-0.2, 0) is 21.7 Å². The van der Waals surface area contributed by atoms with Gasteiger partial charge in [0.05, 0.1) is 0 Å². The molecule has 0 fully saturated rings. The summed E-state index contributed by atoms with van der Waals surface area (Å²) < 4.78 is 10.7. The average molecular weight is 164 g/mol. The normalized spacial score (nSPS) is 18.2. The summed E-state index contributed by atoms with van der Waals surface area (Å²) >= 11 is 0. The maximum absolute atomic E-state index is 5.33. The average Bonchev–Trinajstić information content (AvgIpc) is 2.09. The third-order valence-corrected chi connectivity index (χ3v) is 2.51. The van der Waals surface area contributed by atoms with Gasteiger partial charge in [0, 0.05) is 26.2 Å². The molecule has 64 valence electrons. The minimum Gasteiger partial charge on any atom is -0.349 e. The molecular weight excluding hydrogens is 152 g/mol. The van der Waals surface area contributed by atoms with E-state index in [0.717, 1.165) is 12.0 Å². The van der Waals surface area contributed by atoms with Gasteiger partial charge in [-0.05, 0) is 5.56 Å². The molecule has 0 unspecified atom stereocenters. The number of ether oxygens (including phenoxy) is 2. The van der Waals surface area contributed by atoms with Crippen LogP contribution in [0.1, 0.15) is 11.1 Å². The van der Waals surface area contributed by atoms with Crippen molar-refractivity contribution in [3.8, 4) is 0 Å². The molecule has 1 aromatic carbocycles. The molecule has 0 aliphatic heterocycles. The van der Waals surface area contributed by atoms with Crippen LogP contribution < -0.4 is 0 Å². The van der Waals surface area contributed by atoms with Crippen LogP contribution in [0.2, 0.25) is 0 Å². The molecule has 2 heteroatoms. The molecule has 0 bridgehead atoms. The highest BCUT2D eigenvalue weighted by Crippen LogP contribution is 2.41. The largest absolute Gasteiger partial charge is 0.349 e. The first-order chi connectivity index (χ1) is 5.82. The monoisotopic (exact) mass is 164 g/mol. The molecule has 0 amide bonds. The van der Waals surface area contributed by atoms with Gasteiger partial charge in [0.2, 0.25) is 0 Å². The van der Waals surface area contributed by atoms with Gasteiger partial charge in [0.15, 0.2) is 5.79 Å². The van der Waals surface area contributed by atoms with Crippen LogP contribution in [0.3, 0.4) is 0 Å². The van der Waals surface area contributed by atoms with Crippen molar-refractivity contribution in [2.75, 3.05) is 14.2 Å². The minimum absolute atomic E-state index is 0.462. The van der Waals surface area contributed by atoms with Crippen molar-refractivity contribution in [3.63, 3.8) is 0 Å². The molecule has 2 rings (SSSR count). The standard InChI is InChI=1S/C10H12O2/c1-11-10(12-2)7-8-5-3-4-6-9(8)10/h3-6H,7H2,1-2H3. The maximum atomic E-state index is 5.33. The zero-order chi connectivity index (χ0) is 8.60. The summed E-state index contributed by atoms with van der Waals surface area (Å²) in [5, 5.41) is 0. The van der Waals surface area contributed by atoms with Gasteiger partial charge in [0.1, 0.15) is 0 Å². The Labute approximate surface area is 72.1 Å². The summed E-state index contributed by atoms with van der Waals surface area (Å²) in [6.45, 7) is 0. The van der Waals surface area contributed by atoms with Crippen molar-refractivity contribution in [2.45, 2.75) is 12.2 Å². The minimum atomic E-state index is -0.462. The van der Waals surface area contributed by atoms with Gasteiger partial charge in [-0.15, -0.1) is 0 Å². The van der Waals surface area contributed by atoms with E-state index in [4.69, 9.17) is 9.47 Å². The summed E-state index contributed by atoms with van der Waals surface area (Å²) in [6.07, 6.45) is 0.857. The quantitative estimate of drug-likeness (QED) is 0.619. The number of fused-ring (bicyclic) bond motifs is 1. The smallest absolute Gasteiger partial charge is 0.198 e. The zero-order valence-electron chi connectivity index (χ0n) is 7.33. The van der Waals surface area contributed by atoms with E-state index in [9.17, 15) is 0 Å². The lowest BCUT2D eigenvalue weighted by molar-refractivity contribution is -0.230. The van der Waals surface area contributed by atoms with Crippen LogP contribution >= 0.6 is 0 Å². The van der Waals surface area contributed by atoms with Crippen molar-refractivity contribution in [2.24, 2.45) is 0 Å². The molecule has 1 aliphatic carbocycles. The first kappa shape index (κ1) is 7.77. The molecule has 0 atom stereocenters. The predicted molar refractivity (Wildman–Crippen MR) is 45.8 cm³/mol. The molecular formula is C10H12O2. The first-order valence-electron chi connectivity index (χ1n) is 4.01. The second-order valence-electron chi connectivity index (χ2n) is 3.00. The van der Waals surface area contributed by atoms with Crippen LogP contribution in [0.4, 0.5) is 0 Å². The summed E-state index contributed by atoms with van der Waals surface area (Å²) in [6, 6.07) is 8.19. The Morgan fingerprint density at radius 3 is 2.42 bits per heavy atom. The van der Waals surface area contributed by atoms with E-state index in [1.807, 2.05) is 18.2 Å². The molecule has 0 saturated carbocycles. The van der Waals surface area contributed by atoms with E-state index in [2.05, 4.69) is 6.07 Å². The summed E-state index contributed by atoms with van der Waals surface area (Å²) in [7, 11) is 3.36. The van der Waals surface area contributed by atoms with E-state index in [-0.39, 0.29) is 0 Å². The zero-order valence-corrected chi connectivity index (χ0v) is 7.33. The lowest BCUT2D eigenvalue weighted by Gasteiger charge is -2.41. The molecule has 0 heterocycles. The molecule has 0 saturated heterocycles. The Bertz CT molecular complexity index is 290. The van der Waals surface area contributed by atoms with Gasteiger partial charge in [-0.25, -0.2) is 0 Å². The lowest BCUT2D eigenvalue weighted by atomic mass is 9.82. The third kappa shape index (κ3) is 0.822. The van der Waals surface area contributed by atoms with Gasteiger partial charge in [-0.2, -0.15) is 0 Å². The van der Waals surface area contributed by atoms with Crippen LogP contribution in [0, 0.1) is 0 Å². The molecule has 0 N–H and O–H groups in total. The summed E-state index contributed by atoms with van der Waals surface area (Å²) in [5.41, 5.74) is 2.48. The van der Waals surface area contributed by atoms with Crippen LogP contribution in [0.25, 0.3) is 0 Å². The molecule has 1 aliphatic rings. The number of methoxy groups -OCH3 is 2. The SMILES string of the molecule is COC1(OC)Cc2ccccc21. The lowest BCUT2D eigenvalue weighted by Crippen LogP contribution is -2.42. The molecule has 0 radical (unpaired) electrons. The van der Waals surface area contributed by atoms with Crippen molar-refractivity contribution in [1.29, 1.82) is 0 Å². The predicted octanol–water partition coefficient (Wildman–Crippen LogP) is 1.69. The molecule has 2 nitrogen and oxygen atoms in total. The van der Waals surface area contributed by atoms with E-state index in [0.29, 0.717) is 0 Å². The maximum Gasteiger partial charge on any atom is 0.198 e. The van der Waals surface area contributed by atoms with Gasteiger partial charge < -0.3 is 9.47 Å². The van der Waals surface area contributed by atoms with Gasteiger partial charge in [0.25, 0.3) is 0 Å². The Kier molecular flexibility index (Phi) is 1.67. The molecule has 0 spiro atoms. The van der Waals surface area contributed by atoms with E-state index in [1.54, 1.807) is 14.2 Å². The van der Waals surface area contributed by atoms with Gasteiger partial charge in [-0.1, -0.05) is 24.3 Å². The van der Waals surface area contributed by atoms with Crippen LogP contribution in [-0.4, -0.2) is 14.2 Å². The van der Waals surface area contributed by atoms with E-state index >= 15 is 0 Å². The Balaban J connectivity index is 2.39. The summed E-state index contributed by atoms with van der Waals surface area (Å²) in [4.78, 5) is 0. The third-order valence-electron chi connectivity index (χ3n) is 2.51.